The van der Waals surface area contributed by atoms with Gasteiger partial charge in [0, 0.05) is 0 Å². The van der Waals surface area contributed by atoms with Crippen LogP contribution in [0.3, 0.4) is 0 Å². The van der Waals surface area contributed by atoms with Crippen molar-refractivity contribution in [3.63, 3.8) is 0 Å². The number of ether oxygens (including phenoxy) is 3. The van der Waals surface area contributed by atoms with Crippen LogP contribution < -0.4 is 0 Å². The first-order valence-corrected chi connectivity index (χ1v) is 3.59. The van der Waals surface area contributed by atoms with E-state index in [0.29, 0.717) is 5.95 Å². The fourth-order valence-corrected chi connectivity index (χ4v) is 0.862. The van der Waals surface area contributed by atoms with Crippen molar-refractivity contribution in [3.8, 4) is 0 Å². The normalized spacial score (nSPS) is 8.33. The van der Waals surface area contributed by atoms with Gasteiger partial charge in [-0.25, -0.2) is 0 Å². The predicted octanol–water partition coefficient (Wildman–Crippen LogP) is -0.582. The Morgan fingerprint density at radius 2 is 1.44 bits per heavy atom. The molecule has 0 bridgehead atoms. The van der Waals surface area contributed by atoms with Gasteiger partial charge in [0.15, 0.2) is 0 Å². The molecule has 0 saturated heterocycles. The number of methoxy groups -OCH3 is 3. The molecular weight excluding hydrogens is 136 g/mol. The lowest BCUT2D eigenvalue weighted by Crippen LogP contribution is -1.98. The van der Waals surface area contributed by atoms with Gasteiger partial charge < -0.3 is 14.2 Å². The van der Waals surface area contributed by atoms with Crippen LogP contribution in [0.25, 0.3) is 0 Å². The van der Waals surface area contributed by atoms with Gasteiger partial charge in [0.25, 0.3) is 0 Å². The molecule has 3 nitrogen and oxygen atoms in total. The van der Waals surface area contributed by atoms with Gasteiger partial charge in [0.05, 0.1) is 31.6 Å². The van der Waals surface area contributed by atoms with Crippen LogP contribution >= 0.6 is 0 Å². The summed E-state index contributed by atoms with van der Waals surface area (Å²) in [6, 6.07) is 0. The Hall–Kier alpha value is -0.643. The molecule has 0 rings (SSSR count). The molecular formula is C5H12O3Si. The maximum Gasteiger partial charge on any atom is 0.311 e. The lowest BCUT2D eigenvalue weighted by atomic mass is 10.9. The number of hydrogen-bond acceptors (Lipinski definition) is 3. The third kappa shape index (κ3) is 2.41. The van der Waals surface area contributed by atoms with Gasteiger partial charge in [-0.05, 0) is 0 Å². The van der Waals surface area contributed by atoms with E-state index in [9.17, 15) is 0 Å². The molecule has 0 radical (unpaired) electrons. The summed E-state index contributed by atoms with van der Waals surface area (Å²) >= 11 is 0. The molecule has 0 unspecified atom stereocenters. The maximum atomic E-state index is 4.89. The molecule has 0 spiro atoms. The molecule has 0 heterocycles. The van der Waals surface area contributed by atoms with Gasteiger partial charge in [0.1, 0.15) is 5.38 Å². The Kier molecular flexibility index (Phi) is 3.95. The highest BCUT2D eigenvalue weighted by Gasteiger charge is 1.98. The van der Waals surface area contributed by atoms with Crippen LogP contribution in [0.4, 0.5) is 0 Å². The molecule has 9 heavy (non-hydrogen) atoms. The molecule has 0 amide bonds. The minimum atomic E-state index is 0.476. The minimum absolute atomic E-state index is 0.476. The van der Waals surface area contributed by atoms with Crippen molar-refractivity contribution in [2.45, 2.75) is 0 Å². The van der Waals surface area contributed by atoms with Crippen LogP contribution in [0.2, 0.25) is 0 Å². The minimum Gasteiger partial charge on any atom is -0.500 e. The Morgan fingerprint density at radius 1 is 1.00 bits per heavy atom. The Bertz CT molecular complexity index is 105. The smallest absolute Gasteiger partial charge is 0.311 e. The van der Waals surface area contributed by atoms with Gasteiger partial charge in [-0.1, -0.05) is 0 Å². The first-order chi connectivity index (χ1) is 4.26. The second-order valence-electron chi connectivity index (χ2n) is 1.46. The summed E-state index contributed by atoms with van der Waals surface area (Å²) in [6.45, 7) is 0. The zero-order valence-corrected chi connectivity index (χ0v) is 8.22. The second kappa shape index (κ2) is 4.26. The Balaban J connectivity index is 4.01. The predicted molar refractivity (Wildman–Crippen MR) is 38.0 cm³/mol. The molecule has 0 aliphatic heterocycles. The van der Waals surface area contributed by atoms with Crippen molar-refractivity contribution in [3.05, 3.63) is 11.3 Å². The van der Waals surface area contributed by atoms with Gasteiger partial charge in [-0.15, -0.1) is 0 Å². The number of rotatable bonds is 3. The molecule has 4 heteroatoms. The summed E-state index contributed by atoms with van der Waals surface area (Å²) in [5, 5.41) is 0.778. The third-order valence-electron chi connectivity index (χ3n) is 0.964. The molecule has 54 valence electrons. The monoisotopic (exact) mass is 148 g/mol. The highest BCUT2D eigenvalue weighted by atomic mass is 28.1. The lowest BCUT2D eigenvalue weighted by Gasteiger charge is -2.06. The van der Waals surface area contributed by atoms with E-state index in [-0.39, 0.29) is 0 Å². The molecule has 0 saturated carbocycles. The van der Waals surface area contributed by atoms with E-state index < -0.39 is 0 Å². The molecule has 0 aliphatic rings. The molecule has 0 aromatic rings. The topological polar surface area (TPSA) is 27.7 Å². The zero-order chi connectivity index (χ0) is 7.28. The standard InChI is InChI=1S/C5H12O3Si/c1-6-4(7-2)5(9)8-3/h1-3,9H3. The van der Waals surface area contributed by atoms with Gasteiger partial charge >= 0.3 is 5.95 Å². The van der Waals surface area contributed by atoms with E-state index in [1.54, 1.807) is 21.3 Å². The summed E-state index contributed by atoms with van der Waals surface area (Å²) in [5.41, 5.74) is 0. The van der Waals surface area contributed by atoms with Crippen molar-refractivity contribution in [1.29, 1.82) is 0 Å². The first-order valence-electron chi connectivity index (χ1n) is 2.59. The average molecular weight is 148 g/mol. The quantitative estimate of drug-likeness (QED) is 0.396. The highest BCUT2D eigenvalue weighted by molar-refractivity contribution is 6.20. The summed E-state index contributed by atoms with van der Waals surface area (Å²) in [4.78, 5) is 0. The number of hydrogen-bond donors (Lipinski definition) is 0. The van der Waals surface area contributed by atoms with Crippen LogP contribution in [0, 0.1) is 0 Å². The van der Waals surface area contributed by atoms with Crippen molar-refractivity contribution in [2.24, 2.45) is 0 Å². The molecule has 0 fully saturated rings. The fraction of sp³-hybridized carbons (Fsp3) is 0.600. The highest BCUT2D eigenvalue weighted by Crippen LogP contribution is 2.01. The molecule has 0 aliphatic carbocycles. The second-order valence-corrected chi connectivity index (χ2v) is 2.36. The van der Waals surface area contributed by atoms with E-state index in [2.05, 4.69) is 0 Å². The average Bonchev–Trinajstić information content (AvgIpc) is 1.90. The van der Waals surface area contributed by atoms with E-state index >= 15 is 0 Å². The van der Waals surface area contributed by atoms with E-state index in [1.165, 1.54) is 0 Å². The van der Waals surface area contributed by atoms with Crippen LogP contribution in [0.1, 0.15) is 0 Å². The molecule has 0 aromatic heterocycles. The van der Waals surface area contributed by atoms with Crippen molar-refractivity contribution in [2.75, 3.05) is 21.3 Å². The van der Waals surface area contributed by atoms with Gasteiger partial charge in [-0.2, -0.15) is 0 Å². The van der Waals surface area contributed by atoms with E-state index in [4.69, 9.17) is 14.2 Å². The van der Waals surface area contributed by atoms with E-state index in [1.807, 2.05) is 0 Å². The lowest BCUT2D eigenvalue weighted by molar-refractivity contribution is 0.0758. The van der Waals surface area contributed by atoms with Crippen molar-refractivity contribution in [1.82, 2.24) is 0 Å². The van der Waals surface area contributed by atoms with Crippen LogP contribution in [0.15, 0.2) is 11.3 Å². The Labute approximate surface area is 58.0 Å². The summed E-state index contributed by atoms with van der Waals surface area (Å²) in [5.74, 6) is 0.476. The summed E-state index contributed by atoms with van der Waals surface area (Å²) in [6.07, 6.45) is 0. The van der Waals surface area contributed by atoms with Crippen LogP contribution in [-0.4, -0.2) is 31.6 Å². The molecule has 0 atom stereocenters. The SMILES string of the molecule is COC([SiH3])=C(OC)OC. The zero-order valence-electron chi connectivity index (χ0n) is 6.22. The molecule has 0 aromatic carbocycles. The maximum absolute atomic E-state index is 4.89. The molecule has 0 N–H and O–H groups in total. The van der Waals surface area contributed by atoms with Crippen LogP contribution in [0.5, 0.6) is 0 Å². The van der Waals surface area contributed by atoms with Gasteiger partial charge in [-0.3, -0.25) is 0 Å². The third-order valence-corrected chi connectivity index (χ3v) is 1.78. The van der Waals surface area contributed by atoms with Crippen molar-refractivity contribution >= 4 is 10.2 Å². The van der Waals surface area contributed by atoms with Gasteiger partial charge in [0.2, 0.25) is 0 Å². The fourth-order valence-electron chi connectivity index (χ4n) is 0.454. The van der Waals surface area contributed by atoms with Crippen molar-refractivity contribution < 1.29 is 14.2 Å². The summed E-state index contributed by atoms with van der Waals surface area (Å²) in [7, 11) is 5.50. The summed E-state index contributed by atoms with van der Waals surface area (Å²) < 4.78 is 14.5. The largest absolute Gasteiger partial charge is 0.500 e. The van der Waals surface area contributed by atoms with E-state index in [0.717, 1.165) is 15.6 Å². The first kappa shape index (κ1) is 8.36. The Morgan fingerprint density at radius 3 is 1.56 bits per heavy atom. The van der Waals surface area contributed by atoms with Crippen LogP contribution in [-0.2, 0) is 14.2 Å².